The average Bonchev–Trinajstić information content (AvgIpc) is 2.21. The highest BCUT2D eigenvalue weighted by Gasteiger charge is 2.23. The minimum absolute atomic E-state index is 0.155. The Morgan fingerprint density at radius 2 is 2.06 bits per heavy atom. The van der Waals surface area contributed by atoms with Crippen molar-refractivity contribution < 1.29 is 15.0 Å². The lowest BCUT2D eigenvalue weighted by atomic mass is 10.0. The SMILES string of the molecule is Cc1nc(N)c(N)cc1C(O)C(O)CC(N)=O. The zero-order valence-corrected chi connectivity index (χ0v) is 9.42. The largest absolute Gasteiger partial charge is 0.396 e. The molecule has 1 heterocycles. The summed E-state index contributed by atoms with van der Waals surface area (Å²) in [6, 6.07) is 1.42. The van der Waals surface area contributed by atoms with E-state index in [-0.39, 0.29) is 17.9 Å². The molecule has 0 aliphatic rings. The van der Waals surface area contributed by atoms with Crippen molar-refractivity contribution >= 4 is 17.4 Å². The topological polar surface area (TPSA) is 148 Å². The molecule has 0 aliphatic heterocycles. The van der Waals surface area contributed by atoms with E-state index in [9.17, 15) is 15.0 Å². The molecule has 94 valence electrons. The van der Waals surface area contributed by atoms with E-state index < -0.39 is 18.1 Å². The second-order valence-electron chi connectivity index (χ2n) is 3.82. The molecule has 0 aromatic carbocycles. The van der Waals surface area contributed by atoms with Gasteiger partial charge in [0, 0.05) is 11.3 Å². The Bertz CT molecular complexity index is 436. The van der Waals surface area contributed by atoms with E-state index >= 15 is 0 Å². The zero-order valence-electron chi connectivity index (χ0n) is 9.42. The van der Waals surface area contributed by atoms with Crippen LogP contribution < -0.4 is 17.2 Å². The minimum atomic E-state index is -1.30. The third kappa shape index (κ3) is 3.05. The Kier molecular flexibility index (Phi) is 3.87. The Morgan fingerprint density at radius 1 is 1.47 bits per heavy atom. The molecule has 0 radical (unpaired) electrons. The molecule has 7 heteroatoms. The van der Waals surface area contributed by atoms with Crippen molar-refractivity contribution in [3.05, 3.63) is 17.3 Å². The second-order valence-corrected chi connectivity index (χ2v) is 3.82. The van der Waals surface area contributed by atoms with Gasteiger partial charge in [-0.25, -0.2) is 4.98 Å². The van der Waals surface area contributed by atoms with Crippen molar-refractivity contribution in [2.24, 2.45) is 5.73 Å². The van der Waals surface area contributed by atoms with Gasteiger partial charge in [-0.2, -0.15) is 0 Å². The molecule has 0 saturated heterocycles. The summed E-state index contributed by atoms with van der Waals surface area (Å²) in [4.78, 5) is 14.6. The smallest absolute Gasteiger partial charge is 0.220 e. The van der Waals surface area contributed by atoms with Crippen LogP contribution in [0.15, 0.2) is 6.07 Å². The summed E-state index contributed by atoms with van der Waals surface area (Å²) >= 11 is 0. The number of amides is 1. The predicted molar refractivity (Wildman–Crippen MR) is 62.6 cm³/mol. The number of anilines is 2. The Balaban J connectivity index is 2.99. The van der Waals surface area contributed by atoms with Crippen molar-refractivity contribution in [1.82, 2.24) is 4.98 Å². The number of aliphatic hydroxyl groups is 2. The summed E-state index contributed by atoms with van der Waals surface area (Å²) in [5, 5.41) is 19.4. The van der Waals surface area contributed by atoms with Gasteiger partial charge in [-0.3, -0.25) is 4.79 Å². The molecule has 2 unspecified atom stereocenters. The summed E-state index contributed by atoms with van der Waals surface area (Å²) in [6.45, 7) is 1.62. The van der Waals surface area contributed by atoms with Gasteiger partial charge in [0.25, 0.3) is 0 Å². The second kappa shape index (κ2) is 4.98. The van der Waals surface area contributed by atoms with Gasteiger partial charge < -0.3 is 27.4 Å². The van der Waals surface area contributed by atoms with Crippen LogP contribution in [0.4, 0.5) is 11.5 Å². The maximum atomic E-state index is 10.6. The molecule has 0 aliphatic carbocycles. The number of aliphatic hydroxyl groups excluding tert-OH is 2. The van der Waals surface area contributed by atoms with Gasteiger partial charge in [-0.1, -0.05) is 0 Å². The van der Waals surface area contributed by atoms with E-state index in [2.05, 4.69) is 4.98 Å². The third-order valence-electron chi connectivity index (χ3n) is 2.41. The Morgan fingerprint density at radius 3 is 2.59 bits per heavy atom. The zero-order chi connectivity index (χ0) is 13.2. The van der Waals surface area contributed by atoms with Crippen molar-refractivity contribution in [1.29, 1.82) is 0 Å². The van der Waals surface area contributed by atoms with Gasteiger partial charge >= 0.3 is 0 Å². The molecule has 0 fully saturated rings. The first kappa shape index (κ1) is 13.2. The van der Waals surface area contributed by atoms with Crippen LogP contribution in [0.3, 0.4) is 0 Å². The number of nitrogens with two attached hydrogens (primary N) is 3. The van der Waals surface area contributed by atoms with Gasteiger partial charge in [-0.05, 0) is 13.0 Å². The van der Waals surface area contributed by atoms with Crippen molar-refractivity contribution in [3.63, 3.8) is 0 Å². The highest BCUT2D eigenvalue weighted by Crippen LogP contribution is 2.25. The number of primary amides is 1. The molecule has 0 spiro atoms. The fourth-order valence-electron chi connectivity index (χ4n) is 1.48. The number of nitrogens with zero attached hydrogens (tertiary/aromatic N) is 1. The van der Waals surface area contributed by atoms with E-state index in [0.29, 0.717) is 11.3 Å². The molecule has 1 amide bonds. The van der Waals surface area contributed by atoms with Gasteiger partial charge in [0.15, 0.2) is 0 Å². The molecule has 0 bridgehead atoms. The Hall–Kier alpha value is -1.86. The number of carbonyl (C=O) groups excluding carboxylic acids is 1. The summed E-state index contributed by atoms with van der Waals surface area (Å²) in [7, 11) is 0. The highest BCUT2D eigenvalue weighted by molar-refractivity contribution is 5.74. The molecule has 7 nitrogen and oxygen atoms in total. The normalized spacial score (nSPS) is 14.3. The highest BCUT2D eigenvalue weighted by atomic mass is 16.3. The first-order valence-electron chi connectivity index (χ1n) is 4.99. The van der Waals surface area contributed by atoms with Crippen LogP contribution in [0.5, 0.6) is 0 Å². The number of carbonyl (C=O) groups is 1. The van der Waals surface area contributed by atoms with Gasteiger partial charge in [0.2, 0.25) is 5.91 Å². The number of pyridine rings is 1. The standard InChI is InChI=1S/C10H16N4O3/c1-4-5(2-6(11)10(13)14-4)9(17)7(15)3-8(12)16/h2,7,9,15,17H,3,11H2,1H3,(H2,12,16)(H2,13,14). The van der Waals surface area contributed by atoms with Crippen LogP contribution in [0, 0.1) is 6.92 Å². The predicted octanol–water partition coefficient (Wildman–Crippen LogP) is -1.18. The average molecular weight is 240 g/mol. The molecular formula is C10H16N4O3. The number of aromatic nitrogens is 1. The van der Waals surface area contributed by atoms with Gasteiger partial charge in [0.05, 0.1) is 18.2 Å². The molecule has 1 aromatic heterocycles. The van der Waals surface area contributed by atoms with E-state index in [1.54, 1.807) is 6.92 Å². The first-order valence-corrected chi connectivity index (χ1v) is 4.99. The minimum Gasteiger partial charge on any atom is -0.396 e. The van der Waals surface area contributed by atoms with Crippen molar-refractivity contribution in [3.8, 4) is 0 Å². The molecule has 1 aromatic rings. The van der Waals surface area contributed by atoms with Crippen LogP contribution in [0.2, 0.25) is 0 Å². The number of nitrogen functional groups attached to an aromatic ring is 2. The summed E-state index contributed by atoms with van der Waals surface area (Å²) < 4.78 is 0. The number of hydrogen-bond acceptors (Lipinski definition) is 6. The van der Waals surface area contributed by atoms with Crippen LogP contribution in [0.1, 0.15) is 23.8 Å². The maximum absolute atomic E-state index is 10.6. The van der Waals surface area contributed by atoms with Crippen molar-refractivity contribution in [2.45, 2.75) is 25.6 Å². The lowest BCUT2D eigenvalue weighted by Gasteiger charge is -2.19. The monoisotopic (exact) mass is 240 g/mol. The fraction of sp³-hybridized carbons (Fsp3) is 0.400. The Labute approximate surface area is 98.2 Å². The van der Waals surface area contributed by atoms with Crippen molar-refractivity contribution in [2.75, 3.05) is 11.5 Å². The van der Waals surface area contributed by atoms with E-state index in [0.717, 1.165) is 0 Å². The van der Waals surface area contributed by atoms with Crippen LogP contribution in [-0.4, -0.2) is 27.2 Å². The molecule has 0 saturated carbocycles. The quantitative estimate of drug-likeness (QED) is 0.447. The van der Waals surface area contributed by atoms with E-state index in [1.807, 2.05) is 0 Å². The molecule has 17 heavy (non-hydrogen) atoms. The van der Waals surface area contributed by atoms with Crippen LogP contribution in [-0.2, 0) is 4.79 Å². The summed E-state index contributed by atoms with van der Waals surface area (Å²) in [6.07, 6.45) is -2.92. The van der Waals surface area contributed by atoms with E-state index in [4.69, 9.17) is 17.2 Å². The van der Waals surface area contributed by atoms with Gasteiger partial charge in [0.1, 0.15) is 11.9 Å². The summed E-state index contributed by atoms with van der Waals surface area (Å²) in [5.41, 5.74) is 16.9. The van der Waals surface area contributed by atoms with Gasteiger partial charge in [-0.15, -0.1) is 0 Å². The number of rotatable bonds is 4. The molecule has 2 atom stereocenters. The third-order valence-corrected chi connectivity index (χ3v) is 2.41. The van der Waals surface area contributed by atoms with Crippen LogP contribution >= 0.6 is 0 Å². The molecular weight excluding hydrogens is 224 g/mol. The number of aryl methyl sites for hydroxylation is 1. The van der Waals surface area contributed by atoms with E-state index in [1.165, 1.54) is 6.07 Å². The summed E-state index contributed by atoms with van der Waals surface area (Å²) in [5.74, 6) is -0.548. The molecule has 8 N–H and O–H groups in total. The lowest BCUT2D eigenvalue weighted by molar-refractivity contribution is -0.121. The molecule has 1 rings (SSSR count). The van der Waals surface area contributed by atoms with Crippen LogP contribution in [0.25, 0.3) is 0 Å². The maximum Gasteiger partial charge on any atom is 0.220 e. The first-order chi connectivity index (χ1) is 7.82. The fourth-order valence-corrected chi connectivity index (χ4v) is 1.48. The lowest BCUT2D eigenvalue weighted by Crippen LogP contribution is -2.26. The number of hydrogen-bond donors (Lipinski definition) is 5.